The van der Waals surface area contributed by atoms with E-state index in [1.54, 1.807) is 6.20 Å². The quantitative estimate of drug-likeness (QED) is 0.291. The molecule has 210 valence electrons. The number of nitrogens with one attached hydrogen (secondary N) is 1. The standard InChI is InChI=1S/C31H34N8O2/c40-29(24-20-38(26-8-2-1-7-23(24)26)16-6-15-36-13-3-4-14-36)25-19-28(34-21-33-25)37-17-10-22(11-18-37)39-27-9-5-12-32-30(27)35-31(39)41/h1-2,5,7-9,12,19-22H,3-4,6,10-11,13-18H2,(H,32,35,41). The molecule has 0 amide bonds. The second-order valence-electron chi connectivity index (χ2n) is 11.1. The summed E-state index contributed by atoms with van der Waals surface area (Å²) in [5.74, 6) is 0.653. The highest BCUT2D eigenvalue weighted by atomic mass is 16.1. The van der Waals surface area contributed by atoms with E-state index in [-0.39, 0.29) is 17.5 Å². The minimum atomic E-state index is -0.123. The highest BCUT2D eigenvalue weighted by Gasteiger charge is 2.26. The van der Waals surface area contributed by atoms with Gasteiger partial charge in [-0.2, -0.15) is 0 Å². The maximum Gasteiger partial charge on any atom is 0.327 e. The largest absolute Gasteiger partial charge is 0.356 e. The molecule has 0 radical (unpaired) electrons. The molecule has 2 aliphatic rings. The predicted molar refractivity (Wildman–Crippen MR) is 159 cm³/mol. The predicted octanol–water partition coefficient (Wildman–Crippen LogP) is 4.03. The van der Waals surface area contributed by atoms with Gasteiger partial charge in [0.05, 0.1) is 5.52 Å². The third-order valence-corrected chi connectivity index (χ3v) is 8.63. The molecule has 0 bridgehead atoms. The summed E-state index contributed by atoms with van der Waals surface area (Å²) in [5.41, 5.74) is 3.49. The van der Waals surface area contributed by atoms with Gasteiger partial charge in [-0.25, -0.2) is 19.7 Å². The van der Waals surface area contributed by atoms with Crippen molar-refractivity contribution in [3.05, 3.63) is 82.9 Å². The van der Waals surface area contributed by atoms with E-state index in [4.69, 9.17) is 0 Å². The van der Waals surface area contributed by atoms with Crippen LogP contribution >= 0.6 is 0 Å². The number of nitrogens with zero attached hydrogens (tertiary/aromatic N) is 7. The van der Waals surface area contributed by atoms with E-state index in [9.17, 15) is 9.59 Å². The molecule has 0 saturated carbocycles. The summed E-state index contributed by atoms with van der Waals surface area (Å²) < 4.78 is 4.04. The van der Waals surface area contributed by atoms with E-state index in [1.807, 2.05) is 47.2 Å². The van der Waals surface area contributed by atoms with E-state index in [1.165, 1.54) is 32.3 Å². The Morgan fingerprint density at radius 3 is 2.59 bits per heavy atom. The van der Waals surface area contributed by atoms with E-state index >= 15 is 0 Å². The van der Waals surface area contributed by atoms with Crippen molar-refractivity contribution in [2.45, 2.75) is 44.7 Å². The SMILES string of the molecule is O=C(c1cc(N2CCC(n3c(=O)[nH]c4ncccc43)CC2)ncn1)c1cn(CCCN2CCCC2)c2ccccc12. The number of hydrogen-bond donors (Lipinski definition) is 1. The number of hydrogen-bond acceptors (Lipinski definition) is 7. The van der Waals surface area contributed by atoms with Crippen molar-refractivity contribution in [2.75, 3.05) is 37.6 Å². The van der Waals surface area contributed by atoms with Crippen molar-refractivity contribution in [2.24, 2.45) is 0 Å². The smallest absolute Gasteiger partial charge is 0.327 e. The summed E-state index contributed by atoms with van der Waals surface area (Å²) in [4.78, 5) is 47.2. The number of aromatic nitrogens is 6. The Morgan fingerprint density at radius 2 is 1.73 bits per heavy atom. The van der Waals surface area contributed by atoms with Crippen LogP contribution in [-0.4, -0.2) is 72.5 Å². The number of fused-ring (bicyclic) bond motifs is 2. The van der Waals surface area contributed by atoms with Gasteiger partial charge in [0.1, 0.15) is 17.8 Å². The van der Waals surface area contributed by atoms with E-state index in [0.29, 0.717) is 16.9 Å². The van der Waals surface area contributed by atoms with Crippen LogP contribution in [0, 0.1) is 0 Å². The van der Waals surface area contributed by atoms with Gasteiger partial charge in [0.2, 0.25) is 5.78 Å². The van der Waals surface area contributed by atoms with Crippen LogP contribution in [0.25, 0.3) is 22.1 Å². The van der Waals surface area contributed by atoms with Crippen LogP contribution < -0.4 is 10.6 Å². The summed E-state index contributed by atoms with van der Waals surface area (Å²) in [5, 5.41) is 0.957. The molecule has 10 nitrogen and oxygen atoms in total. The maximum atomic E-state index is 13.8. The molecule has 0 unspecified atom stereocenters. The lowest BCUT2D eigenvalue weighted by atomic mass is 10.0. The lowest BCUT2D eigenvalue weighted by molar-refractivity contribution is 0.103. The summed E-state index contributed by atoms with van der Waals surface area (Å²) in [6.45, 7) is 5.82. The fourth-order valence-electron chi connectivity index (χ4n) is 6.54. The number of ketones is 1. The zero-order valence-electron chi connectivity index (χ0n) is 23.1. The number of pyridine rings is 1. The number of anilines is 1. The second-order valence-corrected chi connectivity index (χ2v) is 11.1. The highest BCUT2D eigenvalue weighted by Crippen LogP contribution is 2.28. The third kappa shape index (κ3) is 4.93. The Bertz CT molecular complexity index is 1750. The van der Waals surface area contributed by atoms with Gasteiger partial charge in [-0.1, -0.05) is 18.2 Å². The van der Waals surface area contributed by atoms with Gasteiger partial charge < -0.3 is 14.4 Å². The Morgan fingerprint density at radius 1 is 0.927 bits per heavy atom. The van der Waals surface area contributed by atoms with Crippen molar-refractivity contribution < 1.29 is 4.79 Å². The Hall–Kier alpha value is -4.31. The van der Waals surface area contributed by atoms with E-state index in [2.05, 4.69) is 40.4 Å². The fraction of sp³-hybridized carbons (Fsp3) is 0.387. The summed E-state index contributed by atoms with van der Waals surface area (Å²) in [7, 11) is 0. The number of para-hydroxylation sites is 1. The topological polar surface area (TPSA) is 105 Å². The monoisotopic (exact) mass is 550 g/mol. The van der Waals surface area contributed by atoms with E-state index in [0.717, 1.165) is 67.7 Å². The summed E-state index contributed by atoms with van der Waals surface area (Å²) in [6, 6.07) is 13.8. The lowest BCUT2D eigenvalue weighted by Crippen LogP contribution is -2.37. The van der Waals surface area contributed by atoms with Crippen LogP contribution in [0.3, 0.4) is 0 Å². The maximum absolute atomic E-state index is 13.8. The summed E-state index contributed by atoms with van der Waals surface area (Å²) in [6.07, 6.45) is 10.4. The van der Waals surface area contributed by atoms with Crippen molar-refractivity contribution in [3.8, 4) is 0 Å². The minimum absolute atomic E-state index is 0.0798. The van der Waals surface area contributed by atoms with Gasteiger partial charge >= 0.3 is 5.69 Å². The molecule has 2 saturated heterocycles. The molecule has 41 heavy (non-hydrogen) atoms. The first kappa shape index (κ1) is 25.6. The number of imidazole rings is 1. The highest BCUT2D eigenvalue weighted by molar-refractivity contribution is 6.15. The number of carbonyl (C=O) groups excluding carboxylic acids is 1. The average molecular weight is 551 g/mol. The summed E-state index contributed by atoms with van der Waals surface area (Å²) >= 11 is 0. The molecule has 2 fully saturated rings. The number of rotatable bonds is 8. The molecule has 4 aromatic heterocycles. The molecular formula is C31H34N8O2. The molecule has 1 aromatic carbocycles. The Kier molecular flexibility index (Phi) is 6.84. The second kappa shape index (κ2) is 10.9. The molecule has 0 spiro atoms. The van der Waals surface area contributed by atoms with Crippen LogP contribution in [0.15, 0.2) is 66.0 Å². The van der Waals surface area contributed by atoms with Crippen LogP contribution in [0.2, 0.25) is 0 Å². The van der Waals surface area contributed by atoms with Crippen LogP contribution in [-0.2, 0) is 6.54 Å². The van der Waals surface area contributed by atoms with Crippen LogP contribution in [0.1, 0.15) is 54.2 Å². The molecule has 1 N–H and O–H groups in total. The third-order valence-electron chi connectivity index (χ3n) is 8.63. The van der Waals surface area contributed by atoms with Gasteiger partial charge in [0.25, 0.3) is 0 Å². The molecule has 7 rings (SSSR count). The Balaban J connectivity index is 1.08. The molecular weight excluding hydrogens is 516 g/mol. The zero-order chi connectivity index (χ0) is 27.8. The van der Waals surface area contributed by atoms with Gasteiger partial charge in [0, 0.05) is 60.6 Å². The lowest BCUT2D eigenvalue weighted by Gasteiger charge is -2.33. The first-order chi connectivity index (χ1) is 20.2. The molecule has 2 aliphatic heterocycles. The first-order valence-electron chi connectivity index (χ1n) is 14.6. The zero-order valence-corrected chi connectivity index (χ0v) is 23.1. The average Bonchev–Trinajstić information content (AvgIpc) is 3.74. The number of aryl methyl sites for hydroxylation is 1. The fourth-order valence-corrected chi connectivity index (χ4v) is 6.54. The van der Waals surface area contributed by atoms with Crippen molar-refractivity contribution >= 4 is 33.7 Å². The van der Waals surface area contributed by atoms with Crippen molar-refractivity contribution in [1.29, 1.82) is 0 Å². The van der Waals surface area contributed by atoms with Gasteiger partial charge in [0.15, 0.2) is 5.65 Å². The normalized spacial score (nSPS) is 16.7. The minimum Gasteiger partial charge on any atom is -0.356 e. The number of likely N-dealkylation sites (tertiary alicyclic amines) is 1. The number of benzene rings is 1. The number of aromatic amines is 1. The Labute approximate surface area is 237 Å². The molecule has 0 aliphatic carbocycles. The van der Waals surface area contributed by atoms with Crippen molar-refractivity contribution in [3.63, 3.8) is 0 Å². The van der Waals surface area contributed by atoms with Gasteiger partial charge in [-0.3, -0.25) is 14.3 Å². The van der Waals surface area contributed by atoms with Gasteiger partial charge in [-0.05, 0) is 69.9 Å². The first-order valence-corrected chi connectivity index (χ1v) is 14.6. The van der Waals surface area contributed by atoms with Crippen molar-refractivity contribution in [1.82, 2.24) is 34.0 Å². The number of piperidine rings is 1. The molecule has 10 heteroatoms. The van der Waals surface area contributed by atoms with Crippen LogP contribution in [0.5, 0.6) is 0 Å². The molecule has 6 heterocycles. The van der Waals surface area contributed by atoms with Crippen LogP contribution in [0.4, 0.5) is 5.82 Å². The van der Waals surface area contributed by atoms with Gasteiger partial charge in [-0.15, -0.1) is 0 Å². The number of carbonyl (C=O) groups is 1. The molecule has 0 atom stereocenters. The molecule has 5 aromatic rings. The van der Waals surface area contributed by atoms with E-state index < -0.39 is 0 Å². The number of H-pyrrole nitrogens is 1.